The molecule has 0 aliphatic heterocycles. The van der Waals surface area contributed by atoms with Gasteiger partial charge >= 0.3 is 0 Å². The second-order valence-corrected chi connectivity index (χ2v) is 4.45. The van der Waals surface area contributed by atoms with Gasteiger partial charge in [-0.05, 0) is 25.1 Å². The standard InChI is InChI=1S/C13H15ClN4O/c1-2-18-6-5-16-12(18)8-17-9-3-4-11(14)10(7-9)13(15)19/h3-7,17H,2,8H2,1H3,(H2,15,19). The Morgan fingerprint density at radius 3 is 3.00 bits per heavy atom. The van der Waals surface area contributed by atoms with Crippen LogP contribution in [0.2, 0.25) is 5.02 Å². The molecule has 0 bridgehead atoms. The highest BCUT2D eigenvalue weighted by Crippen LogP contribution is 2.20. The van der Waals surface area contributed by atoms with Crippen LogP contribution in [0.25, 0.3) is 0 Å². The SMILES string of the molecule is CCn1ccnc1CNc1ccc(Cl)c(C(N)=O)c1. The zero-order chi connectivity index (χ0) is 13.8. The number of benzene rings is 1. The van der Waals surface area contributed by atoms with Crippen LogP contribution in [0.4, 0.5) is 5.69 Å². The lowest BCUT2D eigenvalue weighted by Crippen LogP contribution is -2.12. The number of imidazole rings is 1. The number of anilines is 1. The van der Waals surface area contributed by atoms with Crippen molar-refractivity contribution in [2.24, 2.45) is 5.73 Å². The van der Waals surface area contributed by atoms with Crippen molar-refractivity contribution in [1.82, 2.24) is 9.55 Å². The van der Waals surface area contributed by atoms with Crippen molar-refractivity contribution in [3.8, 4) is 0 Å². The predicted octanol–water partition coefficient (Wildman–Crippen LogP) is 2.27. The van der Waals surface area contributed by atoms with Gasteiger partial charge in [0.25, 0.3) is 0 Å². The molecule has 1 aromatic carbocycles. The molecule has 3 N–H and O–H groups in total. The minimum Gasteiger partial charge on any atom is -0.378 e. The Labute approximate surface area is 116 Å². The summed E-state index contributed by atoms with van der Waals surface area (Å²) >= 11 is 5.89. The molecule has 0 radical (unpaired) electrons. The number of carbonyl (C=O) groups is 1. The van der Waals surface area contributed by atoms with Crippen LogP contribution >= 0.6 is 11.6 Å². The van der Waals surface area contributed by atoms with Gasteiger partial charge in [-0.25, -0.2) is 4.98 Å². The summed E-state index contributed by atoms with van der Waals surface area (Å²) in [4.78, 5) is 15.5. The van der Waals surface area contributed by atoms with Crippen molar-refractivity contribution < 1.29 is 4.79 Å². The van der Waals surface area contributed by atoms with Crippen molar-refractivity contribution in [1.29, 1.82) is 0 Å². The topological polar surface area (TPSA) is 72.9 Å². The summed E-state index contributed by atoms with van der Waals surface area (Å²) in [6, 6.07) is 5.09. The first kappa shape index (κ1) is 13.4. The van der Waals surface area contributed by atoms with Crippen molar-refractivity contribution in [2.75, 3.05) is 5.32 Å². The fraction of sp³-hybridized carbons (Fsp3) is 0.231. The Kier molecular flexibility index (Phi) is 4.06. The van der Waals surface area contributed by atoms with E-state index >= 15 is 0 Å². The Bertz CT molecular complexity index is 594. The molecular weight excluding hydrogens is 264 g/mol. The number of aryl methyl sites for hydroxylation is 1. The molecule has 6 heteroatoms. The number of hydrogen-bond acceptors (Lipinski definition) is 3. The summed E-state index contributed by atoms with van der Waals surface area (Å²) in [7, 11) is 0. The molecule has 0 fully saturated rings. The molecule has 0 atom stereocenters. The largest absolute Gasteiger partial charge is 0.378 e. The lowest BCUT2D eigenvalue weighted by Gasteiger charge is -2.09. The number of nitrogens with one attached hydrogen (secondary N) is 1. The third-order valence-corrected chi connectivity index (χ3v) is 3.15. The fourth-order valence-electron chi connectivity index (χ4n) is 1.80. The average Bonchev–Trinajstić information content (AvgIpc) is 2.84. The van der Waals surface area contributed by atoms with Gasteiger partial charge in [0, 0.05) is 24.6 Å². The van der Waals surface area contributed by atoms with Gasteiger partial charge in [0.15, 0.2) is 0 Å². The molecule has 2 rings (SSSR count). The maximum atomic E-state index is 11.2. The molecule has 5 nitrogen and oxygen atoms in total. The van der Waals surface area contributed by atoms with E-state index in [2.05, 4.69) is 17.2 Å². The van der Waals surface area contributed by atoms with Gasteiger partial charge in [0.2, 0.25) is 5.91 Å². The first-order valence-electron chi connectivity index (χ1n) is 5.95. The van der Waals surface area contributed by atoms with E-state index in [9.17, 15) is 4.79 Å². The van der Waals surface area contributed by atoms with Gasteiger partial charge in [-0.1, -0.05) is 11.6 Å². The van der Waals surface area contributed by atoms with Crippen LogP contribution in [0.1, 0.15) is 23.1 Å². The minimum absolute atomic E-state index is 0.311. The Hall–Kier alpha value is -2.01. The van der Waals surface area contributed by atoms with Crippen LogP contribution in [-0.4, -0.2) is 15.5 Å². The second kappa shape index (κ2) is 5.75. The fourth-order valence-corrected chi connectivity index (χ4v) is 2.01. The zero-order valence-electron chi connectivity index (χ0n) is 10.6. The van der Waals surface area contributed by atoms with E-state index in [-0.39, 0.29) is 0 Å². The number of amides is 1. The van der Waals surface area contributed by atoms with Crippen LogP contribution in [-0.2, 0) is 13.1 Å². The predicted molar refractivity (Wildman–Crippen MR) is 75.2 cm³/mol. The van der Waals surface area contributed by atoms with Crippen LogP contribution in [0.3, 0.4) is 0 Å². The highest BCUT2D eigenvalue weighted by atomic mass is 35.5. The normalized spacial score (nSPS) is 10.4. The maximum absolute atomic E-state index is 11.2. The molecule has 0 aliphatic rings. The first-order chi connectivity index (χ1) is 9.11. The summed E-state index contributed by atoms with van der Waals surface area (Å²) in [5, 5.41) is 3.55. The smallest absolute Gasteiger partial charge is 0.250 e. The average molecular weight is 279 g/mol. The van der Waals surface area contributed by atoms with Crippen molar-refractivity contribution in [2.45, 2.75) is 20.0 Å². The molecule has 0 saturated carbocycles. The number of carbonyl (C=O) groups excluding carboxylic acids is 1. The molecule has 0 unspecified atom stereocenters. The number of rotatable bonds is 5. The number of nitrogens with two attached hydrogens (primary N) is 1. The van der Waals surface area contributed by atoms with Crippen molar-refractivity contribution in [3.63, 3.8) is 0 Å². The Morgan fingerprint density at radius 1 is 1.53 bits per heavy atom. The molecule has 1 heterocycles. The number of hydrogen-bond donors (Lipinski definition) is 2. The van der Waals surface area contributed by atoms with Crippen molar-refractivity contribution >= 4 is 23.2 Å². The lowest BCUT2D eigenvalue weighted by atomic mass is 10.2. The molecule has 100 valence electrons. The molecule has 0 saturated heterocycles. The van der Waals surface area contributed by atoms with E-state index in [0.717, 1.165) is 18.1 Å². The Balaban J connectivity index is 2.12. The summed E-state index contributed by atoms with van der Waals surface area (Å²) in [5.74, 6) is 0.391. The number of aromatic nitrogens is 2. The van der Waals surface area contributed by atoms with Gasteiger partial charge in [-0.15, -0.1) is 0 Å². The van der Waals surface area contributed by atoms with Crippen LogP contribution < -0.4 is 11.1 Å². The van der Waals surface area contributed by atoms with Gasteiger partial charge in [0.1, 0.15) is 5.82 Å². The minimum atomic E-state index is -0.538. The molecule has 2 aromatic rings. The maximum Gasteiger partial charge on any atom is 0.250 e. The third-order valence-electron chi connectivity index (χ3n) is 2.82. The van der Waals surface area contributed by atoms with Crippen LogP contribution in [0.5, 0.6) is 0 Å². The number of halogens is 1. The summed E-state index contributed by atoms with van der Waals surface area (Å²) in [6.45, 7) is 3.49. The van der Waals surface area contributed by atoms with Crippen molar-refractivity contribution in [3.05, 3.63) is 47.0 Å². The van der Waals surface area contributed by atoms with E-state index < -0.39 is 5.91 Å². The molecule has 1 aromatic heterocycles. The molecule has 0 spiro atoms. The first-order valence-corrected chi connectivity index (χ1v) is 6.33. The highest BCUT2D eigenvalue weighted by molar-refractivity contribution is 6.33. The highest BCUT2D eigenvalue weighted by Gasteiger charge is 2.08. The van der Waals surface area contributed by atoms with E-state index in [1.54, 1.807) is 24.4 Å². The lowest BCUT2D eigenvalue weighted by molar-refractivity contribution is 0.100. The molecule has 0 aliphatic carbocycles. The number of nitrogens with zero attached hydrogens (tertiary/aromatic N) is 2. The van der Waals surface area contributed by atoms with E-state index in [4.69, 9.17) is 17.3 Å². The third kappa shape index (κ3) is 3.06. The van der Waals surface area contributed by atoms with Gasteiger partial charge < -0.3 is 15.6 Å². The second-order valence-electron chi connectivity index (χ2n) is 4.04. The monoisotopic (exact) mass is 278 g/mol. The number of primary amides is 1. The quantitative estimate of drug-likeness (QED) is 0.881. The summed E-state index contributed by atoms with van der Waals surface area (Å²) in [5.41, 5.74) is 6.34. The van der Waals surface area contributed by atoms with E-state index in [1.165, 1.54) is 0 Å². The van der Waals surface area contributed by atoms with Gasteiger partial charge in [0.05, 0.1) is 17.1 Å². The summed E-state index contributed by atoms with van der Waals surface area (Å²) in [6.07, 6.45) is 3.69. The molecular formula is C13H15ClN4O. The summed E-state index contributed by atoms with van der Waals surface area (Å²) < 4.78 is 2.04. The van der Waals surface area contributed by atoms with Crippen LogP contribution in [0, 0.1) is 0 Å². The van der Waals surface area contributed by atoms with Gasteiger partial charge in [-0.3, -0.25) is 4.79 Å². The van der Waals surface area contributed by atoms with E-state index in [1.807, 2.05) is 10.8 Å². The molecule has 1 amide bonds. The van der Waals surface area contributed by atoms with Gasteiger partial charge in [-0.2, -0.15) is 0 Å². The van der Waals surface area contributed by atoms with Crippen LogP contribution in [0.15, 0.2) is 30.6 Å². The molecule has 19 heavy (non-hydrogen) atoms. The zero-order valence-corrected chi connectivity index (χ0v) is 11.3. The van der Waals surface area contributed by atoms with E-state index in [0.29, 0.717) is 17.1 Å². The Morgan fingerprint density at radius 2 is 2.32 bits per heavy atom.